The second-order valence-electron chi connectivity index (χ2n) is 6.64. The fourth-order valence-electron chi connectivity index (χ4n) is 3.19. The van der Waals surface area contributed by atoms with Crippen LogP contribution in [0.4, 0.5) is 11.4 Å². The zero-order valence-electron chi connectivity index (χ0n) is 16.3. The van der Waals surface area contributed by atoms with E-state index in [9.17, 15) is 24.5 Å². The Hall–Kier alpha value is -3.75. The molecule has 0 spiro atoms. The lowest BCUT2D eigenvalue weighted by Gasteiger charge is -2.19. The maximum Gasteiger partial charge on any atom is 0.311 e. The molecule has 0 saturated carbocycles. The molecule has 0 unspecified atom stereocenters. The molecule has 0 radical (unpaired) electrons. The van der Waals surface area contributed by atoms with Gasteiger partial charge in [0.1, 0.15) is 5.75 Å². The zero-order valence-corrected chi connectivity index (χ0v) is 16.3. The van der Waals surface area contributed by atoms with Gasteiger partial charge in [-0.2, -0.15) is 0 Å². The van der Waals surface area contributed by atoms with Gasteiger partial charge in [0, 0.05) is 30.7 Å². The molecule has 9 nitrogen and oxygen atoms in total. The van der Waals surface area contributed by atoms with E-state index in [4.69, 9.17) is 9.47 Å². The summed E-state index contributed by atoms with van der Waals surface area (Å²) in [6, 6.07) is 12.2. The molecule has 156 valence electrons. The van der Waals surface area contributed by atoms with Gasteiger partial charge < -0.3 is 14.4 Å². The fraction of sp³-hybridized carbons (Fsp3) is 0.286. The molecule has 1 amide bonds. The van der Waals surface area contributed by atoms with E-state index in [0.717, 1.165) is 6.07 Å². The van der Waals surface area contributed by atoms with Crippen molar-refractivity contribution in [3.63, 3.8) is 0 Å². The third kappa shape index (κ3) is 4.62. The number of amides is 1. The number of non-ortho nitro benzene ring substituents is 1. The van der Waals surface area contributed by atoms with Crippen molar-refractivity contribution in [1.82, 2.24) is 0 Å². The van der Waals surface area contributed by atoms with E-state index in [2.05, 4.69) is 0 Å². The van der Waals surface area contributed by atoms with E-state index in [1.807, 2.05) is 6.92 Å². The summed E-state index contributed by atoms with van der Waals surface area (Å²) in [7, 11) is 0. The highest BCUT2D eigenvalue weighted by molar-refractivity contribution is 6.01. The van der Waals surface area contributed by atoms with E-state index in [0.29, 0.717) is 18.0 Å². The van der Waals surface area contributed by atoms with Gasteiger partial charge >= 0.3 is 5.97 Å². The van der Waals surface area contributed by atoms with Crippen LogP contribution in [-0.2, 0) is 14.3 Å². The molecule has 1 aliphatic rings. The fourth-order valence-corrected chi connectivity index (χ4v) is 3.19. The molecule has 0 bridgehead atoms. The molecule has 2 aromatic carbocycles. The molecular weight excluding hydrogens is 392 g/mol. The maximum absolute atomic E-state index is 12.4. The summed E-state index contributed by atoms with van der Waals surface area (Å²) in [6.45, 7) is 1.83. The average Bonchev–Trinajstić information content (AvgIpc) is 3.14. The molecule has 1 atom stereocenters. The van der Waals surface area contributed by atoms with Gasteiger partial charge in [-0.3, -0.25) is 24.5 Å². The number of para-hydroxylation sites is 2. The van der Waals surface area contributed by atoms with Gasteiger partial charge in [0.25, 0.3) is 5.69 Å². The van der Waals surface area contributed by atoms with E-state index in [1.54, 1.807) is 24.3 Å². The highest BCUT2D eigenvalue weighted by Crippen LogP contribution is 2.33. The second kappa shape index (κ2) is 9.17. The first-order valence-corrected chi connectivity index (χ1v) is 9.37. The number of carbonyl (C=O) groups is 3. The molecule has 1 heterocycles. The van der Waals surface area contributed by atoms with Crippen molar-refractivity contribution in [3.8, 4) is 5.75 Å². The second-order valence-corrected chi connectivity index (χ2v) is 6.64. The van der Waals surface area contributed by atoms with E-state index in [-0.39, 0.29) is 30.1 Å². The van der Waals surface area contributed by atoms with Gasteiger partial charge in [0.05, 0.1) is 23.1 Å². The number of anilines is 1. The minimum absolute atomic E-state index is 0.0374. The number of nitrogens with zero attached hydrogens (tertiary/aromatic N) is 2. The Kier molecular flexibility index (Phi) is 6.41. The summed E-state index contributed by atoms with van der Waals surface area (Å²) in [5, 5.41) is 10.8. The molecule has 0 aliphatic carbocycles. The quantitative estimate of drug-likeness (QED) is 0.283. The molecule has 1 saturated heterocycles. The number of esters is 1. The van der Waals surface area contributed by atoms with Gasteiger partial charge in [-0.15, -0.1) is 0 Å². The number of rotatable bonds is 8. The topological polar surface area (TPSA) is 116 Å². The van der Waals surface area contributed by atoms with Crippen LogP contribution >= 0.6 is 0 Å². The molecule has 3 rings (SSSR count). The van der Waals surface area contributed by atoms with Crippen molar-refractivity contribution in [3.05, 3.63) is 64.2 Å². The van der Waals surface area contributed by atoms with Crippen LogP contribution < -0.4 is 9.64 Å². The monoisotopic (exact) mass is 412 g/mol. The van der Waals surface area contributed by atoms with Crippen molar-refractivity contribution in [2.24, 2.45) is 5.92 Å². The Morgan fingerprint density at radius 2 is 1.97 bits per heavy atom. The molecular formula is C21H20N2O7. The maximum atomic E-state index is 12.4. The Labute approximate surface area is 172 Å². The van der Waals surface area contributed by atoms with Gasteiger partial charge in [0.15, 0.2) is 6.61 Å². The number of nitro groups is 1. The van der Waals surface area contributed by atoms with Crippen LogP contribution in [0.3, 0.4) is 0 Å². The van der Waals surface area contributed by atoms with E-state index in [1.165, 1.54) is 23.1 Å². The lowest BCUT2D eigenvalue weighted by molar-refractivity contribution is -0.384. The van der Waals surface area contributed by atoms with Crippen molar-refractivity contribution < 1.29 is 28.8 Å². The SMILES string of the molecule is CCOc1ccccc1N1C[C@H](C(=O)OCC(=O)c2cccc([N+](=O)[O-])c2)CC1=O. The van der Waals surface area contributed by atoms with Gasteiger partial charge in [-0.05, 0) is 19.1 Å². The minimum atomic E-state index is -0.718. The lowest BCUT2D eigenvalue weighted by atomic mass is 10.1. The molecule has 9 heteroatoms. The normalized spacial score (nSPS) is 15.7. The smallest absolute Gasteiger partial charge is 0.311 e. The average molecular weight is 412 g/mol. The van der Waals surface area contributed by atoms with Gasteiger partial charge in [-0.1, -0.05) is 24.3 Å². The summed E-state index contributed by atoms with van der Waals surface area (Å²) >= 11 is 0. The largest absolute Gasteiger partial charge is 0.492 e. The number of Topliss-reactive ketones (excluding diaryl/α,β-unsaturated/α-hetero) is 1. The Morgan fingerprint density at radius 1 is 1.20 bits per heavy atom. The van der Waals surface area contributed by atoms with Crippen LogP contribution in [0.15, 0.2) is 48.5 Å². The number of ether oxygens (including phenoxy) is 2. The Balaban J connectivity index is 1.62. The first-order chi connectivity index (χ1) is 14.4. The first kappa shape index (κ1) is 21.0. The molecule has 1 aliphatic heterocycles. The Morgan fingerprint density at radius 3 is 2.70 bits per heavy atom. The summed E-state index contributed by atoms with van der Waals surface area (Å²) in [5.74, 6) is -1.64. The number of carbonyl (C=O) groups excluding carboxylic acids is 3. The zero-order chi connectivity index (χ0) is 21.7. The van der Waals surface area contributed by atoms with Gasteiger partial charge in [0.2, 0.25) is 11.7 Å². The summed E-state index contributed by atoms with van der Waals surface area (Å²) in [4.78, 5) is 48.7. The number of hydrogen-bond donors (Lipinski definition) is 0. The highest BCUT2D eigenvalue weighted by atomic mass is 16.6. The lowest BCUT2D eigenvalue weighted by Crippen LogP contribution is -2.27. The van der Waals surface area contributed by atoms with Crippen molar-refractivity contribution in [1.29, 1.82) is 0 Å². The van der Waals surface area contributed by atoms with Gasteiger partial charge in [-0.25, -0.2) is 0 Å². The third-order valence-corrected chi connectivity index (χ3v) is 4.64. The molecule has 0 N–H and O–H groups in total. The first-order valence-electron chi connectivity index (χ1n) is 9.37. The highest BCUT2D eigenvalue weighted by Gasteiger charge is 2.37. The molecule has 0 aromatic heterocycles. The van der Waals surface area contributed by atoms with Crippen LogP contribution in [0.2, 0.25) is 0 Å². The van der Waals surface area contributed by atoms with Crippen LogP contribution in [0.5, 0.6) is 5.75 Å². The number of ketones is 1. The van der Waals surface area contributed by atoms with Crippen molar-refractivity contribution in [2.45, 2.75) is 13.3 Å². The summed E-state index contributed by atoms with van der Waals surface area (Å²) in [5.41, 5.74) is 0.427. The minimum Gasteiger partial charge on any atom is -0.492 e. The molecule has 2 aromatic rings. The standard InChI is InChI=1S/C21H20N2O7/c1-2-29-19-9-4-3-8-17(19)22-12-15(11-20(22)25)21(26)30-13-18(24)14-6-5-7-16(10-14)23(27)28/h3-10,15H,2,11-13H2,1H3/t15-/m1/s1. The molecule has 1 fully saturated rings. The predicted molar refractivity (Wildman–Crippen MR) is 106 cm³/mol. The molecule has 30 heavy (non-hydrogen) atoms. The Bertz CT molecular complexity index is 989. The van der Waals surface area contributed by atoms with Crippen molar-refractivity contribution in [2.75, 3.05) is 24.7 Å². The van der Waals surface area contributed by atoms with Crippen LogP contribution in [0.1, 0.15) is 23.7 Å². The van der Waals surface area contributed by atoms with E-state index < -0.39 is 29.2 Å². The van der Waals surface area contributed by atoms with Crippen LogP contribution in [-0.4, -0.2) is 42.3 Å². The van der Waals surface area contributed by atoms with Crippen LogP contribution in [0.25, 0.3) is 0 Å². The summed E-state index contributed by atoms with van der Waals surface area (Å²) in [6.07, 6.45) is -0.0374. The van der Waals surface area contributed by atoms with Crippen LogP contribution in [0, 0.1) is 16.0 Å². The third-order valence-electron chi connectivity index (χ3n) is 4.64. The number of hydrogen-bond acceptors (Lipinski definition) is 7. The summed E-state index contributed by atoms with van der Waals surface area (Å²) < 4.78 is 10.6. The van der Waals surface area contributed by atoms with Crippen molar-refractivity contribution >= 4 is 29.0 Å². The number of benzene rings is 2. The predicted octanol–water partition coefficient (Wildman–Crippen LogP) is 2.77. The van der Waals surface area contributed by atoms with E-state index >= 15 is 0 Å². The number of nitro benzene ring substituents is 1.